The summed E-state index contributed by atoms with van der Waals surface area (Å²) in [7, 11) is 1.91. The van der Waals surface area contributed by atoms with Gasteiger partial charge in [0.2, 0.25) is 0 Å². The van der Waals surface area contributed by atoms with E-state index in [4.69, 9.17) is 0 Å². The van der Waals surface area contributed by atoms with Gasteiger partial charge in [0.25, 0.3) is 0 Å². The number of nitrogens with one attached hydrogen (secondary N) is 2. The van der Waals surface area contributed by atoms with Gasteiger partial charge in [-0.2, -0.15) is 5.10 Å². The van der Waals surface area contributed by atoms with Gasteiger partial charge < -0.3 is 20.6 Å². The number of rotatable bonds is 4. The van der Waals surface area contributed by atoms with E-state index in [0.29, 0.717) is 0 Å². The maximum Gasteiger partial charge on any atom is 0.315 e. The predicted octanol–water partition coefficient (Wildman–Crippen LogP) is 1.24. The third-order valence-electron chi connectivity index (χ3n) is 5.56. The Balaban J connectivity index is 1.52. The number of aryl methyl sites for hydroxylation is 1. The van der Waals surface area contributed by atoms with E-state index >= 15 is 0 Å². The van der Waals surface area contributed by atoms with Crippen LogP contribution in [0.4, 0.5) is 10.5 Å². The van der Waals surface area contributed by atoms with Crippen molar-refractivity contribution >= 4 is 11.7 Å². The van der Waals surface area contributed by atoms with Crippen LogP contribution in [-0.4, -0.2) is 52.7 Å². The van der Waals surface area contributed by atoms with Crippen molar-refractivity contribution in [1.82, 2.24) is 20.4 Å². The molecule has 2 fully saturated rings. The molecule has 1 aromatic rings. The minimum absolute atomic E-state index is 0.0560. The van der Waals surface area contributed by atoms with Crippen LogP contribution >= 0.6 is 0 Å². The van der Waals surface area contributed by atoms with E-state index in [1.165, 1.54) is 0 Å². The number of nitrogens with zero attached hydrogens (tertiary/aromatic N) is 3. The minimum Gasteiger partial charge on any atom is -0.396 e. The zero-order valence-corrected chi connectivity index (χ0v) is 14.7. The van der Waals surface area contributed by atoms with Crippen LogP contribution in [-0.2, 0) is 7.05 Å². The molecule has 2 heterocycles. The molecule has 1 aliphatic carbocycles. The van der Waals surface area contributed by atoms with Crippen LogP contribution in [0.2, 0.25) is 0 Å². The standard InChI is InChI=1S/C17H29N5O2/c1-17(12-23)7-3-6-15(17)20-16(24)19-13-5-4-8-22(10-13)14-9-18-21(2)11-14/h9,11,13,15,23H,3-8,10,12H2,1-2H3,(H2,19,20,24). The van der Waals surface area contributed by atoms with Gasteiger partial charge in [-0.3, -0.25) is 4.68 Å². The van der Waals surface area contributed by atoms with Crippen LogP contribution in [0.3, 0.4) is 0 Å². The van der Waals surface area contributed by atoms with Crippen molar-refractivity contribution in [3.63, 3.8) is 0 Å². The highest BCUT2D eigenvalue weighted by molar-refractivity contribution is 5.75. The Morgan fingerprint density at radius 2 is 2.25 bits per heavy atom. The van der Waals surface area contributed by atoms with Gasteiger partial charge in [-0.05, 0) is 25.7 Å². The molecular formula is C17H29N5O2. The number of urea groups is 1. The van der Waals surface area contributed by atoms with E-state index in [2.05, 4.69) is 27.6 Å². The Hall–Kier alpha value is -1.76. The lowest BCUT2D eigenvalue weighted by Gasteiger charge is -2.35. The molecule has 2 aliphatic rings. The highest BCUT2D eigenvalue weighted by atomic mass is 16.3. The van der Waals surface area contributed by atoms with Gasteiger partial charge in [-0.15, -0.1) is 0 Å². The van der Waals surface area contributed by atoms with E-state index in [0.717, 1.165) is 50.9 Å². The molecule has 0 radical (unpaired) electrons. The molecule has 1 aliphatic heterocycles. The molecule has 3 rings (SSSR count). The van der Waals surface area contributed by atoms with Crippen molar-refractivity contribution < 1.29 is 9.90 Å². The summed E-state index contributed by atoms with van der Waals surface area (Å²) < 4.78 is 1.80. The summed E-state index contributed by atoms with van der Waals surface area (Å²) in [5, 5.41) is 20.0. The number of hydrogen-bond donors (Lipinski definition) is 3. The summed E-state index contributed by atoms with van der Waals surface area (Å²) in [6.45, 7) is 3.98. The number of hydrogen-bond acceptors (Lipinski definition) is 4. The fourth-order valence-electron chi connectivity index (χ4n) is 3.95. The quantitative estimate of drug-likeness (QED) is 0.773. The summed E-state index contributed by atoms with van der Waals surface area (Å²) in [5.41, 5.74) is 0.916. The van der Waals surface area contributed by atoms with Crippen LogP contribution in [0.25, 0.3) is 0 Å². The largest absolute Gasteiger partial charge is 0.396 e. The van der Waals surface area contributed by atoms with Crippen molar-refractivity contribution in [2.24, 2.45) is 12.5 Å². The number of aliphatic hydroxyl groups excluding tert-OH is 1. The van der Waals surface area contributed by atoms with Crippen molar-refractivity contribution in [1.29, 1.82) is 0 Å². The summed E-state index contributed by atoms with van der Waals surface area (Å²) >= 11 is 0. The molecule has 3 N–H and O–H groups in total. The topological polar surface area (TPSA) is 82.4 Å². The number of amides is 2. The summed E-state index contributed by atoms with van der Waals surface area (Å²) in [6.07, 6.45) is 8.88. The molecule has 3 atom stereocenters. The zero-order chi connectivity index (χ0) is 17.2. The molecule has 24 heavy (non-hydrogen) atoms. The highest BCUT2D eigenvalue weighted by Gasteiger charge is 2.39. The third-order valence-corrected chi connectivity index (χ3v) is 5.56. The zero-order valence-electron chi connectivity index (χ0n) is 14.7. The number of aliphatic hydroxyl groups is 1. The molecule has 0 bridgehead atoms. The lowest BCUT2D eigenvalue weighted by Crippen LogP contribution is -2.54. The molecule has 3 unspecified atom stereocenters. The van der Waals surface area contributed by atoms with Gasteiger partial charge in [0, 0.05) is 43.8 Å². The molecule has 1 saturated carbocycles. The van der Waals surface area contributed by atoms with Gasteiger partial charge in [-0.1, -0.05) is 13.3 Å². The number of carbonyl (C=O) groups excluding carboxylic acids is 1. The van der Waals surface area contributed by atoms with Crippen LogP contribution in [0.15, 0.2) is 12.4 Å². The van der Waals surface area contributed by atoms with Gasteiger partial charge in [0.05, 0.1) is 18.5 Å². The average Bonchev–Trinajstić information content (AvgIpc) is 3.15. The summed E-state index contributed by atoms with van der Waals surface area (Å²) in [5.74, 6) is 0. The molecule has 7 nitrogen and oxygen atoms in total. The first-order valence-corrected chi connectivity index (χ1v) is 8.92. The first-order chi connectivity index (χ1) is 11.5. The highest BCUT2D eigenvalue weighted by Crippen LogP contribution is 2.37. The van der Waals surface area contributed by atoms with Crippen molar-refractivity contribution in [3.05, 3.63) is 12.4 Å². The fraction of sp³-hybridized carbons (Fsp3) is 0.765. The number of carbonyl (C=O) groups is 1. The van der Waals surface area contributed by atoms with E-state index in [1.807, 2.05) is 19.4 Å². The molecule has 2 amide bonds. The van der Waals surface area contributed by atoms with E-state index in [9.17, 15) is 9.90 Å². The predicted molar refractivity (Wildman–Crippen MR) is 92.9 cm³/mol. The van der Waals surface area contributed by atoms with E-state index in [-0.39, 0.29) is 30.1 Å². The molecule has 1 saturated heterocycles. The summed E-state index contributed by atoms with van der Waals surface area (Å²) in [6, 6.07) is 0.0841. The lowest BCUT2D eigenvalue weighted by atomic mass is 9.86. The van der Waals surface area contributed by atoms with Crippen LogP contribution < -0.4 is 15.5 Å². The Morgan fingerprint density at radius 1 is 1.42 bits per heavy atom. The molecule has 1 aromatic heterocycles. The Kier molecular flexibility index (Phi) is 4.99. The molecule has 7 heteroatoms. The summed E-state index contributed by atoms with van der Waals surface area (Å²) in [4.78, 5) is 14.7. The molecule has 134 valence electrons. The van der Waals surface area contributed by atoms with Crippen molar-refractivity contribution in [2.75, 3.05) is 24.6 Å². The van der Waals surface area contributed by atoms with Gasteiger partial charge in [0.15, 0.2) is 0 Å². The Morgan fingerprint density at radius 3 is 2.96 bits per heavy atom. The smallest absolute Gasteiger partial charge is 0.315 e. The van der Waals surface area contributed by atoms with Crippen LogP contribution in [0.1, 0.15) is 39.0 Å². The molecule has 0 spiro atoms. The van der Waals surface area contributed by atoms with Crippen LogP contribution in [0.5, 0.6) is 0 Å². The Labute approximate surface area is 143 Å². The lowest BCUT2D eigenvalue weighted by molar-refractivity contribution is 0.120. The van der Waals surface area contributed by atoms with Gasteiger partial charge in [-0.25, -0.2) is 4.79 Å². The van der Waals surface area contributed by atoms with Crippen molar-refractivity contribution in [2.45, 2.75) is 51.1 Å². The van der Waals surface area contributed by atoms with Crippen LogP contribution in [0, 0.1) is 5.41 Å². The van der Waals surface area contributed by atoms with Gasteiger partial charge >= 0.3 is 6.03 Å². The Bertz CT molecular complexity index is 575. The second-order valence-corrected chi connectivity index (χ2v) is 7.53. The maximum absolute atomic E-state index is 12.4. The molecular weight excluding hydrogens is 306 g/mol. The maximum atomic E-state index is 12.4. The van der Waals surface area contributed by atoms with Gasteiger partial charge in [0.1, 0.15) is 0 Å². The second kappa shape index (κ2) is 7.01. The number of piperidine rings is 1. The van der Waals surface area contributed by atoms with E-state index < -0.39 is 0 Å². The first kappa shape index (κ1) is 17.1. The first-order valence-electron chi connectivity index (χ1n) is 8.92. The normalized spacial score (nSPS) is 30.4. The number of aromatic nitrogens is 2. The molecule has 0 aromatic carbocycles. The van der Waals surface area contributed by atoms with Crippen molar-refractivity contribution in [3.8, 4) is 0 Å². The third kappa shape index (κ3) is 3.66. The number of anilines is 1. The van der Waals surface area contributed by atoms with E-state index in [1.54, 1.807) is 4.68 Å². The fourth-order valence-corrected chi connectivity index (χ4v) is 3.95. The SMILES string of the molecule is Cn1cc(N2CCCC(NC(=O)NC3CCCC3(C)CO)C2)cn1. The second-order valence-electron chi connectivity index (χ2n) is 7.53. The minimum atomic E-state index is -0.189. The monoisotopic (exact) mass is 335 g/mol. The average molecular weight is 335 g/mol.